The van der Waals surface area contributed by atoms with Gasteiger partial charge in [-0.15, -0.1) is 0 Å². The predicted molar refractivity (Wildman–Crippen MR) is 94.8 cm³/mol. The van der Waals surface area contributed by atoms with Crippen LogP contribution in [0.1, 0.15) is 18.5 Å². The first-order valence-electron chi connectivity index (χ1n) is 8.18. The lowest BCUT2D eigenvalue weighted by Crippen LogP contribution is -2.52. The fourth-order valence-corrected chi connectivity index (χ4v) is 2.89. The molecule has 25 heavy (non-hydrogen) atoms. The van der Waals surface area contributed by atoms with Crippen LogP contribution in [0.15, 0.2) is 24.3 Å². The molecule has 0 bridgehead atoms. The van der Waals surface area contributed by atoms with E-state index in [1.54, 1.807) is 29.0 Å². The Morgan fingerprint density at radius 1 is 1.44 bits per heavy atom. The Morgan fingerprint density at radius 3 is 2.76 bits per heavy atom. The summed E-state index contributed by atoms with van der Waals surface area (Å²) in [5, 5.41) is 12.4. The Labute approximate surface area is 152 Å². The quantitative estimate of drug-likeness (QED) is 0.799. The number of carboxylic acid groups (broad SMARTS) is 1. The van der Waals surface area contributed by atoms with E-state index in [9.17, 15) is 9.59 Å². The Kier molecular flexibility index (Phi) is 7.04. The Hall–Kier alpha value is -1.83. The second-order valence-electron chi connectivity index (χ2n) is 6.25. The number of amides is 2. The van der Waals surface area contributed by atoms with Crippen LogP contribution in [0.5, 0.6) is 0 Å². The van der Waals surface area contributed by atoms with E-state index in [0.717, 1.165) is 5.56 Å². The number of nitrogens with zero attached hydrogens (tertiary/aromatic N) is 2. The van der Waals surface area contributed by atoms with Crippen molar-refractivity contribution >= 4 is 23.6 Å². The van der Waals surface area contributed by atoms with Crippen molar-refractivity contribution in [3.63, 3.8) is 0 Å². The normalized spacial score (nSPS) is 18.9. The van der Waals surface area contributed by atoms with Crippen molar-refractivity contribution in [1.29, 1.82) is 0 Å². The first kappa shape index (κ1) is 19.5. The van der Waals surface area contributed by atoms with Gasteiger partial charge in [0, 0.05) is 24.7 Å². The van der Waals surface area contributed by atoms with Crippen LogP contribution in [0.3, 0.4) is 0 Å². The van der Waals surface area contributed by atoms with E-state index in [0.29, 0.717) is 31.3 Å². The average molecular weight is 370 g/mol. The summed E-state index contributed by atoms with van der Waals surface area (Å²) < 4.78 is 5.64. The molecule has 0 aliphatic carbocycles. The summed E-state index contributed by atoms with van der Waals surface area (Å²) in [6.07, 6.45) is -0.199. The molecule has 0 spiro atoms. The zero-order chi connectivity index (χ0) is 18.4. The third kappa shape index (κ3) is 6.19. The van der Waals surface area contributed by atoms with Crippen LogP contribution in [0.2, 0.25) is 5.02 Å². The number of carbonyl (C=O) groups is 2. The van der Waals surface area contributed by atoms with Crippen LogP contribution in [0, 0.1) is 0 Å². The van der Waals surface area contributed by atoms with E-state index in [2.05, 4.69) is 5.32 Å². The number of hydrogen-bond acceptors (Lipinski definition) is 4. The largest absolute Gasteiger partial charge is 0.480 e. The van der Waals surface area contributed by atoms with Crippen molar-refractivity contribution in [1.82, 2.24) is 15.1 Å². The van der Waals surface area contributed by atoms with Gasteiger partial charge in [-0.2, -0.15) is 0 Å². The molecular formula is C17H24ClN3O4. The fourth-order valence-electron chi connectivity index (χ4n) is 2.77. The summed E-state index contributed by atoms with van der Waals surface area (Å²) >= 11 is 5.88. The zero-order valence-corrected chi connectivity index (χ0v) is 15.2. The summed E-state index contributed by atoms with van der Waals surface area (Å²) in [5.41, 5.74) is 0.976. The zero-order valence-electron chi connectivity index (χ0n) is 14.4. The first-order chi connectivity index (χ1) is 11.8. The van der Waals surface area contributed by atoms with Gasteiger partial charge in [-0.05, 0) is 31.7 Å². The highest BCUT2D eigenvalue weighted by atomic mass is 35.5. The fraction of sp³-hybridized carbons (Fsp3) is 0.529. The number of hydrogen-bond donors (Lipinski definition) is 2. The van der Waals surface area contributed by atoms with Gasteiger partial charge < -0.3 is 20.1 Å². The van der Waals surface area contributed by atoms with E-state index in [-0.39, 0.29) is 24.7 Å². The van der Waals surface area contributed by atoms with Crippen LogP contribution in [-0.4, -0.2) is 72.8 Å². The molecule has 1 heterocycles. The summed E-state index contributed by atoms with van der Waals surface area (Å²) in [7, 11) is 1.72. The van der Waals surface area contributed by atoms with Crippen LogP contribution < -0.4 is 5.32 Å². The molecular weight excluding hydrogens is 346 g/mol. The van der Waals surface area contributed by atoms with Crippen molar-refractivity contribution in [3.05, 3.63) is 34.9 Å². The number of likely N-dealkylation sites (N-methyl/N-ethyl adjacent to an activating group) is 1. The molecule has 1 saturated heterocycles. The van der Waals surface area contributed by atoms with Crippen molar-refractivity contribution < 1.29 is 19.4 Å². The lowest BCUT2D eigenvalue weighted by Gasteiger charge is -2.35. The van der Waals surface area contributed by atoms with Gasteiger partial charge in [0.15, 0.2) is 0 Å². The minimum atomic E-state index is -0.885. The summed E-state index contributed by atoms with van der Waals surface area (Å²) in [6.45, 7) is 3.71. The van der Waals surface area contributed by atoms with Crippen LogP contribution in [0.25, 0.3) is 0 Å². The molecule has 1 fully saturated rings. The lowest BCUT2D eigenvalue weighted by atomic mass is 10.1. The summed E-state index contributed by atoms with van der Waals surface area (Å²) in [4.78, 5) is 26.6. The Morgan fingerprint density at radius 2 is 2.12 bits per heavy atom. The lowest BCUT2D eigenvalue weighted by molar-refractivity contribution is -0.138. The standard InChI is InChI=1S/C17H24ClN3O4/c1-12(13-3-5-14(18)6-4-13)19-17(24)21-7-8-25-15(10-21)9-20(2)11-16(22)23/h3-6,12,15H,7-11H2,1-2H3,(H,19,24)(H,22,23)/t12-,15?/m0/s1. The molecule has 1 aliphatic rings. The van der Waals surface area contributed by atoms with E-state index in [4.69, 9.17) is 21.4 Å². The van der Waals surface area contributed by atoms with E-state index >= 15 is 0 Å². The second kappa shape index (κ2) is 9.03. The van der Waals surface area contributed by atoms with Gasteiger partial charge in [0.2, 0.25) is 0 Å². The molecule has 0 saturated carbocycles. The molecule has 138 valence electrons. The highest BCUT2D eigenvalue weighted by Gasteiger charge is 2.26. The molecule has 0 radical (unpaired) electrons. The molecule has 2 amide bonds. The molecule has 2 N–H and O–H groups in total. The third-order valence-corrected chi connectivity index (χ3v) is 4.31. The molecule has 1 unspecified atom stereocenters. The molecule has 8 heteroatoms. The van der Waals surface area contributed by atoms with E-state index < -0.39 is 5.97 Å². The van der Waals surface area contributed by atoms with Crippen molar-refractivity contribution in [2.24, 2.45) is 0 Å². The summed E-state index contributed by atoms with van der Waals surface area (Å²) in [6, 6.07) is 7.06. The number of nitrogens with one attached hydrogen (secondary N) is 1. The smallest absolute Gasteiger partial charge is 0.318 e. The monoisotopic (exact) mass is 369 g/mol. The van der Waals surface area contributed by atoms with Gasteiger partial charge in [0.25, 0.3) is 0 Å². The van der Waals surface area contributed by atoms with Crippen LogP contribution >= 0.6 is 11.6 Å². The minimum absolute atomic E-state index is 0.0559. The van der Waals surface area contributed by atoms with Gasteiger partial charge in [-0.3, -0.25) is 9.69 Å². The molecule has 7 nitrogen and oxygen atoms in total. The Balaban J connectivity index is 1.86. The number of aliphatic carboxylic acids is 1. The number of rotatable bonds is 6. The minimum Gasteiger partial charge on any atom is -0.480 e. The molecule has 2 atom stereocenters. The first-order valence-corrected chi connectivity index (χ1v) is 8.56. The maximum Gasteiger partial charge on any atom is 0.318 e. The topological polar surface area (TPSA) is 82.1 Å². The van der Waals surface area contributed by atoms with E-state index in [1.807, 2.05) is 19.1 Å². The Bertz CT molecular complexity index is 596. The van der Waals surface area contributed by atoms with Gasteiger partial charge in [-0.25, -0.2) is 4.79 Å². The third-order valence-electron chi connectivity index (χ3n) is 4.06. The average Bonchev–Trinajstić information content (AvgIpc) is 2.54. The summed E-state index contributed by atoms with van der Waals surface area (Å²) in [5.74, 6) is -0.885. The number of carbonyl (C=O) groups excluding carboxylic acids is 1. The maximum atomic E-state index is 12.5. The van der Waals surface area contributed by atoms with Gasteiger partial charge in [0.05, 0.1) is 25.3 Å². The molecule has 2 rings (SSSR count). The van der Waals surface area contributed by atoms with Gasteiger partial charge >= 0.3 is 12.0 Å². The molecule has 1 aromatic rings. The van der Waals surface area contributed by atoms with E-state index in [1.165, 1.54) is 0 Å². The van der Waals surface area contributed by atoms with Crippen molar-refractivity contribution in [2.45, 2.75) is 19.1 Å². The predicted octanol–water partition coefficient (Wildman–Crippen LogP) is 1.83. The maximum absolute atomic E-state index is 12.5. The number of morpholine rings is 1. The number of benzene rings is 1. The van der Waals surface area contributed by atoms with Crippen molar-refractivity contribution in [2.75, 3.05) is 39.8 Å². The number of halogens is 1. The molecule has 0 aromatic heterocycles. The SMILES string of the molecule is C[C@H](NC(=O)N1CCOC(CN(C)CC(=O)O)C1)c1ccc(Cl)cc1. The molecule has 1 aliphatic heterocycles. The highest BCUT2D eigenvalue weighted by Crippen LogP contribution is 2.17. The number of urea groups is 1. The highest BCUT2D eigenvalue weighted by molar-refractivity contribution is 6.30. The number of carboxylic acids is 1. The number of ether oxygens (including phenoxy) is 1. The van der Waals surface area contributed by atoms with Crippen molar-refractivity contribution in [3.8, 4) is 0 Å². The van der Waals surface area contributed by atoms with Crippen LogP contribution in [0.4, 0.5) is 4.79 Å². The second-order valence-corrected chi connectivity index (χ2v) is 6.69. The van der Waals surface area contributed by atoms with Gasteiger partial charge in [0.1, 0.15) is 0 Å². The molecule has 1 aromatic carbocycles. The van der Waals surface area contributed by atoms with Crippen LogP contribution in [-0.2, 0) is 9.53 Å². The van der Waals surface area contributed by atoms with Gasteiger partial charge in [-0.1, -0.05) is 23.7 Å².